The molecule has 3 aromatic rings. The number of carbonyl (C=O) groups is 1. The van der Waals surface area contributed by atoms with Crippen LogP contribution in [0.15, 0.2) is 24.3 Å². The average molecular weight is 426 g/mol. The molecule has 1 fully saturated rings. The zero-order chi connectivity index (χ0) is 21.4. The number of amides is 1. The minimum absolute atomic E-state index is 0.0506. The van der Waals surface area contributed by atoms with Crippen molar-refractivity contribution in [1.29, 1.82) is 5.26 Å². The van der Waals surface area contributed by atoms with Crippen LogP contribution in [0.25, 0.3) is 21.3 Å². The van der Waals surface area contributed by atoms with E-state index in [-0.39, 0.29) is 22.4 Å². The SMILES string of the molecule is N#Cc1ccc(-c2cc(N3CCC(N)CC3)nc3sc(OC(N)=O)c(N)c23)cc1F. The second-order valence-electron chi connectivity index (χ2n) is 7.06. The maximum absolute atomic E-state index is 14.3. The number of rotatable bonds is 3. The molecule has 0 saturated carbocycles. The van der Waals surface area contributed by atoms with Crippen molar-refractivity contribution < 1.29 is 13.9 Å². The number of nitrogen functional groups attached to an aromatic ring is 1. The maximum Gasteiger partial charge on any atom is 0.410 e. The Morgan fingerprint density at radius 3 is 2.70 bits per heavy atom. The number of anilines is 2. The van der Waals surface area contributed by atoms with Gasteiger partial charge in [0.25, 0.3) is 0 Å². The Labute approximate surface area is 175 Å². The molecule has 6 N–H and O–H groups in total. The van der Waals surface area contributed by atoms with Crippen molar-refractivity contribution in [3.05, 3.63) is 35.6 Å². The zero-order valence-electron chi connectivity index (χ0n) is 15.9. The van der Waals surface area contributed by atoms with Crippen molar-refractivity contribution in [3.8, 4) is 22.3 Å². The quantitative estimate of drug-likeness (QED) is 0.584. The van der Waals surface area contributed by atoms with E-state index in [0.717, 1.165) is 37.3 Å². The van der Waals surface area contributed by atoms with E-state index in [0.29, 0.717) is 27.2 Å². The normalized spacial score (nSPS) is 14.6. The van der Waals surface area contributed by atoms with Crippen molar-refractivity contribution in [3.63, 3.8) is 0 Å². The molecule has 2 aromatic heterocycles. The third-order valence-electron chi connectivity index (χ3n) is 5.11. The van der Waals surface area contributed by atoms with E-state index >= 15 is 0 Å². The highest BCUT2D eigenvalue weighted by atomic mass is 32.1. The number of nitriles is 1. The Kier molecular flexibility index (Phi) is 5.15. The molecular weight excluding hydrogens is 407 g/mol. The summed E-state index contributed by atoms with van der Waals surface area (Å²) in [5.41, 5.74) is 18.7. The van der Waals surface area contributed by atoms with Crippen LogP contribution in [0.2, 0.25) is 0 Å². The molecule has 10 heteroatoms. The summed E-state index contributed by atoms with van der Waals surface area (Å²) in [5.74, 6) is 0.0638. The Balaban J connectivity index is 1.91. The minimum Gasteiger partial charge on any atom is -0.397 e. The Hall–Kier alpha value is -3.42. The van der Waals surface area contributed by atoms with Gasteiger partial charge >= 0.3 is 6.09 Å². The summed E-state index contributed by atoms with van der Waals surface area (Å²) in [7, 11) is 0. The number of hydrogen-bond donors (Lipinski definition) is 3. The van der Waals surface area contributed by atoms with Gasteiger partial charge in [0.15, 0.2) is 0 Å². The first-order valence-electron chi connectivity index (χ1n) is 9.28. The number of aromatic nitrogens is 1. The molecule has 0 spiro atoms. The second-order valence-corrected chi connectivity index (χ2v) is 8.02. The van der Waals surface area contributed by atoms with Gasteiger partial charge in [-0.15, -0.1) is 0 Å². The van der Waals surface area contributed by atoms with E-state index in [2.05, 4.69) is 4.90 Å². The van der Waals surface area contributed by atoms with Crippen LogP contribution in [-0.2, 0) is 0 Å². The number of carbonyl (C=O) groups excluding carboxylic acids is 1. The fraction of sp³-hybridized carbons (Fsp3) is 0.250. The second kappa shape index (κ2) is 7.78. The summed E-state index contributed by atoms with van der Waals surface area (Å²) in [4.78, 5) is 18.6. The molecule has 0 bridgehead atoms. The molecule has 1 aliphatic heterocycles. The van der Waals surface area contributed by atoms with Gasteiger partial charge in [-0.3, -0.25) is 0 Å². The summed E-state index contributed by atoms with van der Waals surface area (Å²) in [5, 5.41) is 9.70. The predicted molar refractivity (Wildman–Crippen MR) is 114 cm³/mol. The standard InChI is InChI=1S/C20H19FN6O2S/c21-14-7-10(1-2-11(14)9-22)13-8-15(27-5-3-12(23)4-6-27)26-18-16(13)17(24)19(30-18)29-20(25)28/h1-2,7-8,12H,3-6,23-24H2,(H2,25,28). The molecular formula is C20H19FN6O2S. The maximum atomic E-state index is 14.3. The van der Waals surface area contributed by atoms with Gasteiger partial charge in [0.2, 0.25) is 5.06 Å². The minimum atomic E-state index is -0.982. The first-order valence-corrected chi connectivity index (χ1v) is 10.1. The number of fused-ring (bicyclic) bond motifs is 1. The molecule has 4 rings (SSSR count). The molecule has 3 heterocycles. The topological polar surface area (TPSA) is 144 Å². The van der Waals surface area contributed by atoms with E-state index in [1.807, 2.05) is 12.1 Å². The highest BCUT2D eigenvalue weighted by Gasteiger charge is 2.23. The average Bonchev–Trinajstić information content (AvgIpc) is 3.02. The van der Waals surface area contributed by atoms with Crippen LogP contribution in [0.5, 0.6) is 5.06 Å². The lowest BCUT2D eigenvalue weighted by Gasteiger charge is -2.31. The molecule has 1 aliphatic rings. The Bertz CT molecular complexity index is 1180. The zero-order valence-corrected chi connectivity index (χ0v) is 16.7. The lowest BCUT2D eigenvalue weighted by atomic mass is 10.00. The van der Waals surface area contributed by atoms with Gasteiger partial charge in [-0.2, -0.15) is 5.26 Å². The van der Waals surface area contributed by atoms with Crippen LogP contribution in [0, 0.1) is 17.1 Å². The number of nitrogens with zero attached hydrogens (tertiary/aromatic N) is 3. The van der Waals surface area contributed by atoms with Crippen molar-refractivity contribution in [2.45, 2.75) is 18.9 Å². The number of nitrogens with two attached hydrogens (primary N) is 3. The van der Waals surface area contributed by atoms with E-state index in [9.17, 15) is 9.18 Å². The number of pyridine rings is 1. The molecule has 0 aliphatic carbocycles. The number of ether oxygens (including phenoxy) is 1. The summed E-state index contributed by atoms with van der Waals surface area (Å²) in [6, 6.07) is 8.16. The van der Waals surface area contributed by atoms with Gasteiger partial charge < -0.3 is 26.8 Å². The molecule has 30 heavy (non-hydrogen) atoms. The molecule has 1 saturated heterocycles. The van der Waals surface area contributed by atoms with Crippen LogP contribution in [-0.4, -0.2) is 30.2 Å². The lowest BCUT2D eigenvalue weighted by molar-refractivity contribution is 0.212. The van der Waals surface area contributed by atoms with Crippen LogP contribution in [0.1, 0.15) is 18.4 Å². The van der Waals surface area contributed by atoms with Gasteiger partial charge in [-0.1, -0.05) is 17.4 Å². The highest BCUT2D eigenvalue weighted by molar-refractivity contribution is 7.21. The van der Waals surface area contributed by atoms with Crippen LogP contribution < -0.4 is 26.8 Å². The smallest absolute Gasteiger partial charge is 0.397 e. The van der Waals surface area contributed by atoms with Crippen LogP contribution in [0.4, 0.5) is 20.7 Å². The lowest BCUT2D eigenvalue weighted by Crippen LogP contribution is -2.40. The summed E-state index contributed by atoms with van der Waals surface area (Å²) >= 11 is 1.10. The van der Waals surface area contributed by atoms with Crippen LogP contribution in [0.3, 0.4) is 0 Å². The van der Waals surface area contributed by atoms with E-state index in [1.165, 1.54) is 12.1 Å². The number of primary amides is 1. The molecule has 0 radical (unpaired) electrons. The third-order valence-corrected chi connectivity index (χ3v) is 6.09. The first kappa shape index (κ1) is 19.9. The molecule has 8 nitrogen and oxygen atoms in total. The van der Waals surface area contributed by atoms with Crippen molar-refractivity contribution in [2.75, 3.05) is 23.7 Å². The number of thiophene rings is 1. The number of hydrogen-bond acceptors (Lipinski definition) is 8. The molecule has 1 amide bonds. The summed E-state index contributed by atoms with van der Waals surface area (Å²) in [6.45, 7) is 1.48. The fourth-order valence-electron chi connectivity index (χ4n) is 3.55. The van der Waals surface area contributed by atoms with Gasteiger partial charge in [-0.25, -0.2) is 14.2 Å². The largest absolute Gasteiger partial charge is 0.410 e. The number of piperidine rings is 1. The Morgan fingerprint density at radius 2 is 2.07 bits per heavy atom. The predicted octanol–water partition coefficient (Wildman–Crippen LogP) is 2.94. The van der Waals surface area contributed by atoms with E-state index < -0.39 is 11.9 Å². The van der Waals surface area contributed by atoms with Gasteiger partial charge in [0, 0.05) is 24.5 Å². The van der Waals surface area contributed by atoms with Gasteiger partial charge in [0.1, 0.15) is 22.5 Å². The fourth-order valence-corrected chi connectivity index (χ4v) is 4.52. The van der Waals surface area contributed by atoms with Gasteiger partial charge in [-0.05, 0) is 42.2 Å². The summed E-state index contributed by atoms with van der Waals surface area (Å²) < 4.78 is 19.4. The van der Waals surface area contributed by atoms with Crippen LogP contribution >= 0.6 is 11.3 Å². The molecule has 0 atom stereocenters. The number of halogens is 1. The first-order chi connectivity index (χ1) is 14.4. The molecule has 0 unspecified atom stereocenters. The molecule has 1 aromatic carbocycles. The third kappa shape index (κ3) is 3.60. The number of benzene rings is 1. The van der Waals surface area contributed by atoms with Crippen molar-refractivity contribution in [2.24, 2.45) is 11.5 Å². The van der Waals surface area contributed by atoms with Crippen molar-refractivity contribution in [1.82, 2.24) is 4.98 Å². The Morgan fingerprint density at radius 1 is 1.33 bits per heavy atom. The molecule has 154 valence electrons. The summed E-state index contributed by atoms with van der Waals surface area (Å²) in [6.07, 6.45) is 0.691. The van der Waals surface area contributed by atoms with Crippen molar-refractivity contribution >= 4 is 39.2 Å². The van der Waals surface area contributed by atoms with Gasteiger partial charge in [0.05, 0.1) is 11.3 Å². The monoisotopic (exact) mass is 426 g/mol. The highest BCUT2D eigenvalue weighted by Crippen LogP contribution is 2.45. The van der Waals surface area contributed by atoms with E-state index in [4.69, 9.17) is 32.2 Å². The van der Waals surface area contributed by atoms with E-state index in [1.54, 1.807) is 6.07 Å².